The Labute approximate surface area is 151 Å². The van der Waals surface area contributed by atoms with Crippen LogP contribution in [-0.4, -0.2) is 40.8 Å². The number of rotatable bonds is 9. The van der Waals surface area contributed by atoms with E-state index in [1.165, 1.54) is 19.2 Å². The number of aromatic carboxylic acids is 1. The molecule has 1 amide bonds. The molecule has 0 aliphatic heterocycles. The molecule has 8 heteroatoms. The van der Waals surface area contributed by atoms with E-state index in [1.807, 2.05) is 13.8 Å². The van der Waals surface area contributed by atoms with Crippen molar-refractivity contribution in [3.05, 3.63) is 41.0 Å². The van der Waals surface area contributed by atoms with E-state index in [-0.39, 0.29) is 23.8 Å². The first kappa shape index (κ1) is 19.4. The van der Waals surface area contributed by atoms with Gasteiger partial charge in [-0.05, 0) is 24.1 Å². The Morgan fingerprint density at radius 2 is 2.08 bits per heavy atom. The van der Waals surface area contributed by atoms with Crippen LogP contribution in [0.5, 0.6) is 5.75 Å². The second-order valence-corrected chi connectivity index (χ2v) is 6.13. The number of amides is 1. The normalized spacial score (nSPS) is 10.8. The van der Waals surface area contributed by atoms with E-state index in [9.17, 15) is 9.59 Å². The molecular weight excluding hydrogens is 338 g/mol. The zero-order valence-corrected chi connectivity index (χ0v) is 15.1. The highest BCUT2D eigenvalue weighted by molar-refractivity contribution is 5.88. The molecule has 8 nitrogen and oxygen atoms in total. The molecule has 0 saturated carbocycles. The minimum absolute atomic E-state index is 0.115. The van der Waals surface area contributed by atoms with Gasteiger partial charge in [0.05, 0.1) is 12.7 Å². The summed E-state index contributed by atoms with van der Waals surface area (Å²) in [4.78, 5) is 27.1. The van der Waals surface area contributed by atoms with Gasteiger partial charge in [-0.25, -0.2) is 4.79 Å². The molecular formula is C18H23N3O5. The zero-order valence-electron chi connectivity index (χ0n) is 15.1. The summed E-state index contributed by atoms with van der Waals surface area (Å²) in [6.07, 6.45) is 1.18. The summed E-state index contributed by atoms with van der Waals surface area (Å²) in [7, 11) is 1.48. The Balaban J connectivity index is 1.79. The van der Waals surface area contributed by atoms with Crippen molar-refractivity contribution in [3.8, 4) is 5.75 Å². The summed E-state index contributed by atoms with van der Waals surface area (Å²) >= 11 is 0. The highest BCUT2D eigenvalue weighted by atomic mass is 16.5. The van der Waals surface area contributed by atoms with E-state index in [0.717, 1.165) is 5.56 Å². The fourth-order valence-corrected chi connectivity index (χ4v) is 2.33. The third-order valence-electron chi connectivity index (χ3n) is 3.82. The first-order valence-corrected chi connectivity index (χ1v) is 8.40. The van der Waals surface area contributed by atoms with Crippen LogP contribution >= 0.6 is 0 Å². The zero-order chi connectivity index (χ0) is 19.1. The number of nitrogens with one attached hydrogen (secondary N) is 1. The average molecular weight is 361 g/mol. The van der Waals surface area contributed by atoms with E-state index in [1.54, 1.807) is 6.07 Å². The van der Waals surface area contributed by atoms with Crippen molar-refractivity contribution in [2.75, 3.05) is 13.7 Å². The predicted octanol–water partition coefficient (Wildman–Crippen LogP) is 2.19. The van der Waals surface area contributed by atoms with Gasteiger partial charge in [0.1, 0.15) is 5.75 Å². The van der Waals surface area contributed by atoms with Gasteiger partial charge in [-0.3, -0.25) is 4.79 Å². The number of aryl methyl sites for hydroxylation is 1. The molecule has 0 saturated heterocycles. The standard InChI is InChI=1S/C18H23N3O5/c1-11(2)17-20-16(26-21-17)7-6-15(22)19-9-8-12-4-5-13(18(23)24)10-14(12)25-3/h4-5,10-11H,6-9H2,1-3H3,(H,19,22)(H,23,24). The third kappa shape index (κ3) is 5.30. The number of aromatic nitrogens is 2. The summed E-state index contributed by atoms with van der Waals surface area (Å²) < 4.78 is 10.3. The smallest absolute Gasteiger partial charge is 0.335 e. The molecule has 1 aromatic heterocycles. The fourth-order valence-electron chi connectivity index (χ4n) is 2.33. The van der Waals surface area contributed by atoms with Crippen LogP contribution in [-0.2, 0) is 17.6 Å². The topological polar surface area (TPSA) is 115 Å². The van der Waals surface area contributed by atoms with Crippen LogP contribution in [0.1, 0.15) is 53.8 Å². The number of methoxy groups -OCH3 is 1. The van der Waals surface area contributed by atoms with Gasteiger partial charge in [-0.2, -0.15) is 4.98 Å². The van der Waals surface area contributed by atoms with Crippen LogP contribution in [0.25, 0.3) is 0 Å². The molecule has 2 rings (SSSR count). The van der Waals surface area contributed by atoms with Crippen molar-refractivity contribution < 1.29 is 24.0 Å². The lowest BCUT2D eigenvalue weighted by atomic mass is 10.1. The number of hydrogen-bond donors (Lipinski definition) is 2. The van der Waals surface area contributed by atoms with Crippen molar-refractivity contribution >= 4 is 11.9 Å². The Morgan fingerprint density at radius 1 is 1.31 bits per heavy atom. The lowest BCUT2D eigenvalue weighted by Crippen LogP contribution is -2.26. The maximum atomic E-state index is 11.9. The molecule has 0 aliphatic carbocycles. The van der Waals surface area contributed by atoms with Crippen LogP contribution in [0.3, 0.4) is 0 Å². The molecule has 1 aromatic carbocycles. The van der Waals surface area contributed by atoms with Gasteiger partial charge in [0.25, 0.3) is 0 Å². The maximum Gasteiger partial charge on any atom is 0.335 e. The number of hydrogen-bond acceptors (Lipinski definition) is 6. The lowest BCUT2D eigenvalue weighted by molar-refractivity contribution is -0.121. The molecule has 0 bridgehead atoms. The number of carbonyl (C=O) groups excluding carboxylic acids is 1. The molecule has 140 valence electrons. The van der Waals surface area contributed by atoms with Gasteiger partial charge >= 0.3 is 5.97 Å². The first-order valence-electron chi connectivity index (χ1n) is 8.40. The Hall–Kier alpha value is -2.90. The number of carbonyl (C=O) groups is 2. The number of ether oxygens (including phenoxy) is 1. The van der Waals surface area contributed by atoms with E-state index in [2.05, 4.69) is 15.5 Å². The molecule has 0 fully saturated rings. The number of nitrogens with zero attached hydrogens (tertiary/aromatic N) is 2. The van der Waals surface area contributed by atoms with E-state index in [4.69, 9.17) is 14.4 Å². The molecule has 26 heavy (non-hydrogen) atoms. The molecule has 0 aliphatic rings. The minimum atomic E-state index is -1.01. The Bertz CT molecular complexity index is 770. The number of carboxylic acids is 1. The van der Waals surface area contributed by atoms with E-state index in [0.29, 0.717) is 36.9 Å². The number of benzene rings is 1. The van der Waals surface area contributed by atoms with Crippen molar-refractivity contribution in [1.29, 1.82) is 0 Å². The largest absolute Gasteiger partial charge is 0.496 e. The average Bonchev–Trinajstić information content (AvgIpc) is 3.09. The highest BCUT2D eigenvalue weighted by Crippen LogP contribution is 2.20. The summed E-state index contributed by atoms with van der Waals surface area (Å²) in [6, 6.07) is 4.69. The van der Waals surface area contributed by atoms with Crippen LogP contribution < -0.4 is 10.1 Å². The Morgan fingerprint density at radius 3 is 2.69 bits per heavy atom. The molecule has 0 unspecified atom stereocenters. The van der Waals surface area contributed by atoms with Gasteiger partial charge in [-0.1, -0.05) is 25.1 Å². The molecule has 0 radical (unpaired) electrons. The van der Waals surface area contributed by atoms with Gasteiger partial charge in [0, 0.05) is 25.3 Å². The summed E-state index contributed by atoms with van der Waals surface area (Å²) in [6.45, 7) is 4.36. The van der Waals surface area contributed by atoms with Crippen LogP contribution in [0.2, 0.25) is 0 Å². The van der Waals surface area contributed by atoms with Gasteiger partial charge in [0.2, 0.25) is 11.8 Å². The predicted molar refractivity (Wildman–Crippen MR) is 93.4 cm³/mol. The molecule has 2 N–H and O–H groups in total. The second kappa shape index (κ2) is 8.98. The second-order valence-electron chi connectivity index (χ2n) is 6.13. The lowest BCUT2D eigenvalue weighted by Gasteiger charge is -2.10. The van der Waals surface area contributed by atoms with E-state index >= 15 is 0 Å². The molecule has 1 heterocycles. The quantitative estimate of drug-likeness (QED) is 0.703. The van der Waals surface area contributed by atoms with Crippen LogP contribution in [0.15, 0.2) is 22.7 Å². The monoisotopic (exact) mass is 361 g/mol. The molecule has 2 aromatic rings. The summed E-state index contributed by atoms with van der Waals surface area (Å²) in [5, 5.41) is 15.7. The van der Waals surface area contributed by atoms with Crippen LogP contribution in [0, 0.1) is 0 Å². The van der Waals surface area contributed by atoms with Gasteiger partial charge in [-0.15, -0.1) is 0 Å². The highest BCUT2D eigenvalue weighted by Gasteiger charge is 2.12. The third-order valence-corrected chi connectivity index (χ3v) is 3.82. The summed E-state index contributed by atoms with van der Waals surface area (Å²) in [5.74, 6) is 0.641. The van der Waals surface area contributed by atoms with E-state index < -0.39 is 5.97 Å². The van der Waals surface area contributed by atoms with Gasteiger partial charge < -0.3 is 19.7 Å². The first-order chi connectivity index (χ1) is 12.4. The fraction of sp³-hybridized carbons (Fsp3) is 0.444. The van der Waals surface area contributed by atoms with Gasteiger partial charge in [0.15, 0.2) is 5.82 Å². The van der Waals surface area contributed by atoms with Crippen molar-refractivity contribution in [1.82, 2.24) is 15.5 Å². The number of carboxylic acid groups (broad SMARTS) is 1. The van der Waals surface area contributed by atoms with Crippen molar-refractivity contribution in [2.45, 2.75) is 39.0 Å². The molecule has 0 atom stereocenters. The Kier molecular flexibility index (Phi) is 6.71. The van der Waals surface area contributed by atoms with Crippen molar-refractivity contribution in [3.63, 3.8) is 0 Å². The summed E-state index contributed by atoms with van der Waals surface area (Å²) in [5.41, 5.74) is 0.992. The van der Waals surface area contributed by atoms with Crippen molar-refractivity contribution in [2.24, 2.45) is 0 Å². The SMILES string of the molecule is COc1cc(C(=O)O)ccc1CCNC(=O)CCc1nc(C(C)C)no1. The molecule has 0 spiro atoms. The van der Waals surface area contributed by atoms with Crippen LogP contribution in [0.4, 0.5) is 0 Å². The maximum absolute atomic E-state index is 11.9. The minimum Gasteiger partial charge on any atom is -0.496 e.